The lowest BCUT2D eigenvalue weighted by atomic mass is 10.4. The van der Waals surface area contributed by atoms with Gasteiger partial charge >= 0.3 is 0 Å². The standard InChI is InChI=1S/C8H11FS/c1-4-5-6-7(2)10-8(3)9/h5-6H,2-4H2,1H3/b6-5-. The van der Waals surface area contributed by atoms with Crippen molar-refractivity contribution in [2.45, 2.75) is 13.3 Å². The molecule has 0 aliphatic heterocycles. The smallest absolute Gasteiger partial charge is 0.154 e. The molecule has 0 unspecified atom stereocenters. The van der Waals surface area contributed by atoms with Gasteiger partial charge in [0.05, 0.1) is 0 Å². The third-order valence-electron chi connectivity index (χ3n) is 0.781. The predicted octanol–water partition coefficient (Wildman–Crippen LogP) is 3.64. The van der Waals surface area contributed by atoms with Crippen molar-refractivity contribution in [3.8, 4) is 0 Å². The van der Waals surface area contributed by atoms with E-state index >= 15 is 0 Å². The van der Waals surface area contributed by atoms with Crippen LogP contribution in [0.5, 0.6) is 0 Å². The second-order valence-electron chi connectivity index (χ2n) is 1.73. The molecule has 0 aliphatic carbocycles. The second kappa shape index (κ2) is 5.30. The first-order valence-electron chi connectivity index (χ1n) is 3.04. The van der Waals surface area contributed by atoms with Gasteiger partial charge in [-0.2, -0.15) is 4.39 Å². The monoisotopic (exact) mass is 158 g/mol. The van der Waals surface area contributed by atoms with Crippen molar-refractivity contribution in [2.75, 3.05) is 0 Å². The maximum absolute atomic E-state index is 12.1. The molecule has 0 aromatic heterocycles. The van der Waals surface area contributed by atoms with Gasteiger partial charge in [0, 0.05) is 4.91 Å². The van der Waals surface area contributed by atoms with E-state index in [-0.39, 0.29) is 0 Å². The summed E-state index contributed by atoms with van der Waals surface area (Å²) in [7, 11) is 0. The summed E-state index contributed by atoms with van der Waals surface area (Å²) in [5.41, 5.74) is 0. The zero-order chi connectivity index (χ0) is 7.98. The molecule has 0 rings (SSSR count). The Labute approximate surface area is 65.5 Å². The Hall–Kier alpha value is -0.500. The van der Waals surface area contributed by atoms with Crippen molar-refractivity contribution in [1.29, 1.82) is 0 Å². The Kier molecular flexibility index (Phi) is 5.03. The lowest BCUT2D eigenvalue weighted by molar-refractivity contribution is 0.704. The fourth-order valence-corrected chi connectivity index (χ4v) is 0.874. The minimum Gasteiger partial charge on any atom is -0.200 e. The Morgan fingerprint density at radius 1 is 1.60 bits per heavy atom. The number of thioether (sulfide) groups is 1. The van der Waals surface area contributed by atoms with Crippen molar-refractivity contribution in [2.24, 2.45) is 0 Å². The van der Waals surface area contributed by atoms with E-state index in [2.05, 4.69) is 13.2 Å². The quantitative estimate of drug-likeness (QED) is 0.563. The second-order valence-corrected chi connectivity index (χ2v) is 2.91. The summed E-state index contributed by atoms with van der Waals surface area (Å²) in [6.07, 6.45) is 4.66. The lowest BCUT2D eigenvalue weighted by Gasteiger charge is -1.92. The summed E-state index contributed by atoms with van der Waals surface area (Å²) < 4.78 is 12.1. The summed E-state index contributed by atoms with van der Waals surface area (Å²) in [6, 6.07) is 0. The highest BCUT2D eigenvalue weighted by Gasteiger charge is 1.91. The number of hydrogen-bond acceptors (Lipinski definition) is 1. The van der Waals surface area contributed by atoms with Crippen LogP contribution in [0.4, 0.5) is 4.39 Å². The molecule has 0 bridgehead atoms. The molecule has 0 aromatic rings. The highest BCUT2D eigenvalue weighted by atomic mass is 32.2. The molecule has 0 aliphatic rings. The zero-order valence-electron chi connectivity index (χ0n) is 6.06. The van der Waals surface area contributed by atoms with Gasteiger partial charge in [0.15, 0.2) is 5.16 Å². The van der Waals surface area contributed by atoms with E-state index in [4.69, 9.17) is 0 Å². The zero-order valence-corrected chi connectivity index (χ0v) is 6.88. The molecule has 0 amide bonds. The normalized spacial score (nSPS) is 10.2. The van der Waals surface area contributed by atoms with Crippen LogP contribution in [0.3, 0.4) is 0 Å². The van der Waals surface area contributed by atoms with Gasteiger partial charge in [0.2, 0.25) is 0 Å². The van der Waals surface area contributed by atoms with Crippen molar-refractivity contribution in [1.82, 2.24) is 0 Å². The van der Waals surface area contributed by atoms with E-state index < -0.39 is 5.16 Å². The van der Waals surface area contributed by atoms with Gasteiger partial charge < -0.3 is 0 Å². The first-order chi connectivity index (χ1) is 4.66. The van der Waals surface area contributed by atoms with Crippen LogP contribution in [0, 0.1) is 0 Å². The van der Waals surface area contributed by atoms with E-state index in [1.807, 2.05) is 13.0 Å². The van der Waals surface area contributed by atoms with E-state index in [1.54, 1.807) is 6.08 Å². The fourth-order valence-electron chi connectivity index (χ4n) is 0.426. The summed E-state index contributed by atoms with van der Waals surface area (Å²) in [6.45, 7) is 8.73. The molecule has 56 valence electrons. The number of hydrogen-bond donors (Lipinski definition) is 0. The Morgan fingerprint density at radius 2 is 2.20 bits per heavy atom. The predicted molar refractivity (Wildman–Crippen MR) is 46.4 cm³/mol. The summed E-state index contributed by atoms with van der Waals surface area (Å²) in [4.78, 5) is 0.689. The van der Waals surface area contributed by atoms with Crippen LogP contribution in [-0.2, 0) is 0 Å². The molecule has 0 saturated heterocycles. The highest BCUT2D eigenvalue weighted by Crippen LogP contribution is 2.23. The summed E-state index contributed by atoms with van der Waals surface area (Å²) in [5.74, 6) is 0. The lowest BCUT2D eigenvalue weighted by Crippen LogP contribution is -1.64. The van der Waals surface area contributed by atoms with E-state index in [9.17, 15) is 4.39 Å². The molecular formula is C8H11FS. The van der Waals surface area contributed by atoms with E-state index in [0.717, 1.165) is 18.2 Å². The maximum atomic E-state index is 12.1. The third kappa shape index (κ3) is 5.63. The first-order valence-corrected chi connectivity index (χ1v) is 3.86. The van der Waals surface area contributed by atoms with Crippen LogP contribution in [0.15, 0.2) is 35.4 Å². The molecule has 0 N–H and O–H groups in total. The van der Waals surface area contributed by atoms with Gasteiger partial charge in [-0.3, -0.25) is 0 Å². The minimum atomic E-state index is -0.411. The molecular weight excluding hydrogens is 147 g/mol. The number of halogens is 1. The summed E-state index contributed by atoms with van der Waals surface area (Å²) >= 11 is 0.952. The molecule has 0 heterocycles. The van der Waals surface area contributed by atoms with E-state index in [1.165, 1.54) is 0 Å². The largest absolute Gasteiger partial charge is 0.200 e. The van der Waals surface area contributed by atoms with Crippen molar-refractivity contribution in [3.63, 3.8) is 0 Å². The molecule has 0 aromatic carbocycles. The molecule has 2 heteroatoms. The van der Waals surface area contributed by atoms with Crippen LogP contribution >= 0.6 is 11.8 Å². The molecule has 0 radical (unpaired) electrons. The van der Waals surface area contributed by atoms with Gasteiger partial charge in [0.25, 0.3) is 0 Å². The Bertz CT molecular complexity index is 159. The van der Waals surface area contributed by atoms with E-state index in [0.29, 0.717) is 4.91 Å². The van der Waals surface area contributed by atoms with Crippen LogP contribution in [-0.4, -0.2) is 0 Å². The molecule has 0 saturated carbocycles. The fraction of sp³-hybridized carbons (Fsp3) is 0.250. The average Bonchev–Trinajstić information content (AvgIpc) is 1.82. The molecule has 10 heavy (non-hydrogen) atoms. The van der Waals surface area contributed by atoms with Gasteiger partial charge in [-0.15, -0.1) is 0 Å². The maximum Gasteiger partial charge on any atom is 0.154 e. The van der Waals surface area contributed by atoms with Gasteiger partial charge in [0.1, 0.15) is 0 Å². The number of allylic oxidation sites excluding steroid dienone is 2. The first kappa shape index (κ1) is 9.50. The van der Waals surface area contributed by atoms with Crippen molar-refractivity contribution in [3.05, 3.63) is 35.4 Å². The van der Waals surface area contributed by atoms with Gasteiger partial charge in [-0.05, 0) is 6.42 Å². The van der Waals surface area contributed by atoms with Crippen LogP contribution in [0.25, 0.3) is 0 Å². The topological polar surface area (TPSA) is 0 Å². The van der Waals surface area contributed by atoms with Crippen LogP contribution in [0.2, 0.25) is 0 Å². The van der Waals surface area contributed by atoms with Crippen molar-refractivity contribution < 1.29 is 4.39 Å². The number of rotatable bonds is 4. The third-order valence-corrected chi connectivity index (χ3v) is 1.40. The van der Waals surface area contributed by atoms with Crippen molar-refractivity contribution >= 4 is 11.8 Å². The Morgan fingerprint density at radius 3 is 2.60 bits per heavy atom. The van der Waals surface area contributed by atoms with Gasteiger partial charge in [-0.25, -0.2) is 0 Å². The molecule has 0 fully saturated rings. The van der Waals surface area contributed by atoms with Gasteiger partial charge in [-0.1, -0.05) is 44.0 Å². The SMILES string of the molecule is C=C(F)SC(=C)/C=C\CC. The molecule has 0 atom stereocenters. The van der Waals surface area contributed by atoms with Crippen LogP contribution in [0.1, 0.15) is 13.3 Å². The summed E-state index contributed by atoms with van der Waals surface area (Å²) in [5, 5.41) is -0.411. The Balaban J connectivity index is 3.64. The molecule has 0 nitrogen and oxygen atoms in total. The molecule has 0 spiro atoms. The highest BCUT2D eigenvalue weighted by molar-refractivity contribution is 8.06. The minimum absolute atomic E-state index is 0.411. The van der Waals surface area contributed by atoms with Crippen LogP contribution < -0.4 is 0 Å². The average molecular weight is 158 g/mol.